The van der Waals surface area contributed by atoms with Gasteiger partial charge in [0, 0.05) is 31.5 Å². The number of carbonyl (C=O) groups excluding carboxylic acids is 2. The molecule has 1 heterocycles. The number of rotatable bonds is 7. The minimum absolute atomic E-state index is 0.0221. The predicted octanol–water partition coefficient (Wildman–Crippen LogP) is 4.02. The van der Waals surface area contributed by atoms with Crippen LogP contribution in [0.5, 0.6) is 0 Å². The molecule has 2 aliphatic rings. The molecular formula is C26H30N2O5. The van der Waals surface area contributed by atoms with Gasteiger partial charge < -0.3 is 20.1 Å². The number of alkyl carbamates (subject to hydrolysis) is 1. The van der Waals surface area contributed by atoms with Crippen LogP contribution >= 0.6 is 0 Å². The SMILES string of the molecule is CCC(CC(=O)N1CCCC(C(=O)O)C1)NC(=O)OCC1c2ccccc2-c2ccccc21. The average molecular weight is 451 g/mol. The largest absolute Gasteiger partial charge is 0.481 e. The molecule has 0 radical (unpaired) electrons. The van der Waals surface area contributed by atoms with Crippen LogP contribution in [0.25, 0.3) is 11.1 Å². The first kappa shape index (κ1) is 22.8. The number of nitrogens with zero attached hydrogens (tertiary/aromatic N) is 1. The number of carbonyl (C=O) groups is 3. The second kappa shape index (κ2) is 10.1. The quantitative estimate of drug-likeness (QED) is 0.664. The lowest BCUT2D eigenvalue weighted by molar-refractivity contribution is -0.145. The van der Waals surface area contributed by atoms with Gasteiger partial charge in [0.25, 0.3) is 0 Å². The van der Waals surface area contributed by atoms with Crippen molar-refractivity contribution < 1.29 is 24.2 Å². The zero-order chi connectivity index (χ0) is 23.4. The highest BCUT2D eigenvalue weighted by Crippen LogP contribution is 2.44. The molecule has 1 fully saturated rings. The molecule has 2 N–H and O–H groups in total. The zero-order valence-electron chi connectivity index (χ0n) is 18.8. The Kier molecular flexibility index (Phi) is 6.96. The van der Waals surface area contributed by atoms with Gasteiger partial charge >= 0.3 is 12.1 Å². The fourth-order valence-corrected chi connectivity index (χ4v) is 4.85. The third-order valence-electron chi connectivity index (χ3n) is 6.70. The second-order valence-corrected chi connectivity index (χ2v) is 8.80. The minimum Gasteiger partial charge on any atom is -0.481 e. The number of nitrogens with one attached hydrogen (secondary N) is 1. The van der Waals surface area contributed by atoms with E-state index in [2.05, 4.69) is 29.6 Å². The third-order valence-corrected chi connectivity index (χ3v) is 6.70. The molecule has 7 nitrogen and oxygen atoms in total. The summed E-state index contributed by atoms with van der Waals surface area (Å²) in [6.07, 6.45) is 1.44. The van der Waals surface area contributed by atoms with Crippen molar-refractivity contribution in [3.05, 3.63) is 59.7 Å². The van der Waals surface area contributed by atoms with Crippen molar-refractivity contribution in [3.8, 4) is 11.1 Å². The number of fused-ring (bicyclic) bond motifs is 3. The van der Waals surface area contributed by atoms with Crippen LogP contribution in [0.4, 0.5) is 4.79 Å². The van der Waals surface area contributed by atoms with Gasteiger partial charge in [0.2, 0.25) is 5.91 Å². The average Bonchev–Trinajstić information content (AvgIpc) is 3.16. The van der Waals surface area contributed by atoms with Crippen LogP contribution in [0.1, 0.15) is 49.7 Å². The molecule has 1 aliphatic heterocycles. The highest BCUT2D eigenvalue weighted by molar-refractivity contribution is 5.80. The summed E-state index contributed by atoms with van der Waals surface area (Å²) in [4.78, 5) is 38.1. The van der Waals surface area contributed by atoms with E-state index in [9.17, 15) is 19.5 Å². The zero-order valence-corrected chi connectivity index (χ0v) is 18.8. The summed E-state index contributed by atoms with van der Waals surface area (Å²) in [5.74, 6) is -1.54. The van der Waals surface area contributed by atoms with Crippen molar-refractivity contribution in [3.63, 3.8) is 0 Å². The molecule has 174 valence electrons. The van der Waals surface area contributed by atoms with Crippen molar-refractivity contribution in [2.24, 2.45) is 5.92 Å². The maximum absolute atomic E-state index is 12.7. The molecule has 1 aliphatic carbocycles. The Morgan fingerprint density at radius 2 is 1.73 bits per heavy atom. The number of piperidine rings is 1. The summed E-state index contributed by atoms with van der Waals surface area (Å²) in [5.41, 5.74) is 4.62. The number of ether oxygens (including phenoxy) is 1. The molecule has 0 spiro atoms. The molecule has 33 heavy (non-hydrogen) atoms. The normalized spacial score (nSPS) is 18.2. The van der Waals surface area contributed by atoms with Crippen LogP contribution < -0.4 is 5.32 Å². The Balaban J connectivity index is 1.33. The standard InChI is InChI=1S/C26H30N2O5/c1-2-18(14-24(29)28-13-7-8-17(15-28)25(30)31)27-26(32)33-16-23-21-11-5-3-9-19(21)20-10-4-6-12-22(20)23/h3-6,9-12,17-18,23H,2,7-8,13-16H2,1H3,(H,27,32)(H,30,31). The fraction of sp³-hybridized carbons (Fsp3) is 0.423. The number of carboxylic acids is 1. The van der Waals surface area contributed by atoms with E-state index in [1.165, 1.54) is 11.1 Å². The molecule has 7 heteroatoms. The number of likely N-dealkylation sites (tertiary alicyclic amines) is 1. The van der Waals surface area contributed by atoms with E-state index >= 15 is 0 Å². The second-order valence-electron chi connectivity index (χ2n) is 8.80. The molecule has 2 unspecified atom stereocenters. The number of hydrogen-bond acceptors (Lipinski definition) is 4. The third kappa shape index (κ3) is 5.02. The van der Waals surface area contributed by atoms with Crippen LogP contribution in [-0.4, -0.2) is 53.7 Å². The molecule has 0 bridgehead atoms. The van der Waals surface area contributed by atoms with Gasteiger partial charge in [0.05, 0.1) is 5.92 Å². The smallest absolute Gasteiger partial charge is 0.407 e. The molecular weight excluding hydrogens is 420 g/mol. The van der Waals surface area contributed by atoms with Crippen molar-refractivity contribution in [2.75, 3.05) is 19.7 Å². The molecule has 2 aromatic carbocycles. The van der Waals surface area contributed by atoms with Crippen LogP contribution in [0.15, 0.2) is 48.5 Å². The molecule has 2 amide bonds. The van der Waals surface area contributed by atoms with E-state index in [0.29, 0.717) is 25.8 Å². The molecule has 0 saturated carbocycles. The fourth-order valence-electron chi connectivity index (χ4n) is 4.85. The van der Waals surface area contributed by atoms with Crippen LogP contribution in [-0.2, 0) is 14.3 Å². The van der Waals surface area contributed by atoms with Crippen LogP contribution in [0.3, 0.4) is 0 Å². The summed E-state index contributed by atoms with van der Waals surface area (Å²) in [5, 5.41) is 12.1. The number of hydrogen-bond donors (Lipinski definition) is 2. The van der Waals surface area contributed by atoms with Gasteiger partial charge in [-0.1, -0.05) is 55.5 Å². The number of aliphatic carboxylic acids is 1. The first-order valence-electron chi connectivity index (χ1n) is 11.6. The Labute approximate surface area is 193 Å². The summed E-state index contributed by atoms with van der Waals surface area (Å²) in [6, 6.07) is 15.9. The maximum atomic E-state index is 12.7. The highest BCUT2D eigenvalue weighted by atomic mass is 16.5. The Hall–Kier alpha value is -3.35. The summed E-state index contributed by atoms with van der Waals surface area (Å²) >= 11 is 0. The Bertz CT molecular complexity index is 991. The topological polar surface area (TPSA) is 95.9 Å². The first-order valence-corrected chi connectivity index (χ1v) is 11.6. The lowest BCUT2D eigenvalue weighted by Gasteiger charge is -2.31. The van der Waals surface area contributed by atoms with Crippen LogP contribution in [0.2, 0.25) is 0 Å². The Morgan fingerprint density at radius 3 is 2.33 bits per heavy atom. The minimum atomic E-state index is -0.865. The maximum Gasteiger partial charge on any atom is 0.407 e. The van der Waals surface area contributed by atoms with E-state index < -0.39 is 18.0 Å². The van der Waals surface area contributed by atoms with Gasteiger partial charge in [-0.2, -0.15) is 0 Å². The molecule has 2 atom stereocenters. The summed E-state index contributed by atoms with van der Waals surface area (Å²) < 4.78 is 5.59. The number of benzene rings is 2. The van der Waals surface area contributed by atoms with Crippen molar-refractivity contribution in [2.45, 2.75) is 44.6 Å². The van der Waals surface area contributed by atoms with E-state index in [-0.39, 0.29) is 37.4 Å². The van der Waals surface area contributed by atoms with Gasteiger partial charge in [0.15, 0.2) is 0 Å². The van der Waals surface area contributed by atoms with E-state index in [0.717, 1.165) is 11.1 Å². The van der Waals surface area contributed by atoms with E-state index in [1.807, 2.05) is 31.2 Å². The van der Waals surface area contributed by atoms with E-state index in [1.54, 1.807) is 4.90 Å². The lowest BCUT2D eigenvalue weighted by Crippen LogP contribution is -2.45. The highest BCUT2D eigenvalue weighted by Gasteiger charge is 2.31. The van der Waals surface area contributed by atoms with Gasteiger partial charge in [-0.15, -0.1) is 0 Å². The lowest BCUT2D eigenvalue weighted by atomic mass is 9.97. The molecule has 1 saturated heterocycles. The van der Waals surface area contributed by atoms with E-state index in [4.69, 9.17) is 4.74 Å². The molecule has 2 aromatic rings. The predicted molar refractivity (Wildman–Crippen MR) is 124 cm³/mol. The Morgan fingerprint density at radius 1 is 1.09 bits per heavy atom. The monoisotopic (exact) mass is 450 g/mol. The van der Waals surface area contributed by atoms with Crippen molar-refractivity contribution in [1.29, 1.82) is 0 Å². The number of carboxylic acid groups (broad SMARTS) is 1. The summed E-state index contributed by atoms with van der Waals surface area (Å²) in [7, 11) is 0. The van der Waals surface area contributed by atoms with Gasteiger partial charge in [0.1, 0.15) is 6.61 Å². The summed E-state index contributed by atoms with van der Waals surface area (Å²) in [6.45, 7) is 2.91. The molecule has 4 rings (SSSR count). The van der Waals surface area contributed by atoms with Crippen LogP contribution in [0, 0.1) is 5.92 Å². The van der Waals surface area contributed by atoms with Crippen molar-refractivity contribution >= 4 is 18.0 Å². The van der Waals surface area contributed by atoms with Gasteiger partial charge in [-0.3, -0.25) is 9.59 Å². The first-order chi connectivity index (χ1) is 16.0. The van der Waals surface area contributed by atoms with Gasteiger partial charge in [-0.05, 0) is 41.5 Å². The van der Waals surface area contributed by atoms with Crippen molar-refractivity contribution in [1.82, 2.24) is 10.2 Å². The van der Waals surface area contributed by atoms with Gasteiger partial charge in [-0.25, -0.2) is 4.79 Å². The number of amides is 2. The molecule has 0 aromatic heterocycles.